The molecule has 1 atom stereocenters. The number of rotatable bonds is 31. The van der Waals surface area contributed by atoms with Crippen LogP contribution in [0.4, 0.5) is 0 Å². The second-order valence-corrected chi connectivity index (χ2v) is 11.6. The number of esters is 2. The minimum Gasteiger partial charge on any atom is -0.463 e. The van der Waals surface area contributed by atoms with Crippen molar-refractivity contribution in [3.63, 3.8) is 0 Å². The molecular formula is C38H66O5. The third-order valence-corrected chi connectivity index (χ3v) is 7.33. The van der Waals surface area contributed by atoms with Gasteiger partial charge in [-0.25, -0.2) is 0 Å². The zero-order valence-corrected chi connectivity index (χ0v) is 28.0. The first-order valence-corrected chi connectivity index (χ1v) is 17.7. The van der Waals surface area contributed by atoms with Crippen molar-refractivity contribution in [3.05, 3.63) is 48.6 Å². The Labute approximate surface area is 265 Å². The molecule has 1 N–H and O–H groups in total. The van der Waals surface area contributed by atoms with E-state index in [0.29, 0.717) is 12.8 Å². The normalized spacial score (nSPS) is 12.7. The molecule has 0 spiro atoms. The van der Waals surface area contributed by atoms with Crippen molar-refractivity contribution in [2.24, 2.45) is 0 Å². The van der Waals surface area contributed by atoms with Gasteiger partial charge in [0.2, 0.25) is 0 Å². The van der Waals surface area contributed by atoms with Crippen molar-refractivity contribution < 1.29 is 24.2 Å². The second-order valence-electron chi connectivity index (χ2n) is 11.6. The van der Waals surface area contributed by atoms with E-state index in [1.54, 1.807) is 0 Å². The molecule has 0 aromatic rings. The summed E-state index contributed by atoms with van der Waals surface area (Å²) in [7, 11) is 0. The van der Waals surface area contributed by atoms with Crippen molar-refractivity contribution in [3.8, 4) is 0 Å². The van der Waals surface area contributed by atoms with E-state index in [1.165, 1.54) is 57.8 Å². The van der Waals surface area contributed by atoms with Gasteiger partial charge in [0, 0.05) is 12.8 Å². The first-order chi connectivity index (χ1) is 21.1. The Morgan fingerprint density at radius 3 is 1.33 bits per heavy atom. The fraction of sp³-hybridized carbons (Fsp3) is 0.737. The Balaban J connectivity index is 3.51. The van der Waals surface area contributed by atoms with E-state index < -0.39 is 6.10 Å². The number of allylic oxidation sites excluding steroid dienone is 8. The number of unbranched alkanes of at least 4 members (excludes halogenated alkanes) is 15. The maximum absolute atomic E-state index is 11.9. The fourth-order valence-electron chi connectivity index (χ4n) is 4.66. The first-order valence-electron chi connectivity index (χ1n) is 17.7. The minimum absolute atomic E-state index is 0.123. The maximum atomic E-state index is 11.9. The Morgan fingerprint density at radius 1 is 0.512 bits per heavy atom. The maximum Gasteiger partial charge on any atom is 0.305 e. The number of hydrogen-bond acceptors (Lipinski definition) is 5. The van der Waals surface area contributed by atoms with Crippen molar-refractivity contribution >= 4 is 11.9 Å². The van der Waals surface area contributed by atoms with Crippen LogP contribution in [0, 0.1) is 0 Å². The van der Waals surface area contributed by atoms with Crippen molar-refractivity contribution in [1.82, 2.24) is 0 Å². The van der Waals surface area contributed by atoms with Gasteiger partial charge in [-0.3, -0.25) is 9.59 Å². The van der Waals surface area contributed by atoms with Gasteiger partial charge in [0.15, 0.2) is 0 Å². The van der Waals surface area contributed by atoms with E-state index >= 15 is 0 Å². The predicted octanol–water partition coefficient (Wildman–Crippen LogP) is 10.7. The van der Waals surface area contributed by atoms with Gasteiger partial charge in [-0.15, -0.1) is 0 Å². The smallest absolute Gasteiger partial charge is 0.305 e. The summed E-state index contributed by atoms with van der Waals surface area (Å²) in [5.41, 5.74) is 0. The number of carbonyl (C=O) groups excluding carboxylic acids is 2. The Bertz CT molecular complexity index is 737. The highest BCUT2D eigenvalue weighted by molar-refractivity contribution is 5.69. The van der Waals surface area contributed by atoms with Crippen LogP contribution < -0.4 is 0 Å². The van der Waals surface area contributed by atoms with Gasteiger partial charge in [0.1, 0.15) is 19.3 Å². The quantitative estimate of drug-likeness (QED) is 0.0485. The SMILES string of the molecule is CC/C=C\C/C=C\C/C=C\C/C=C\CCCCCCC(=O)OC[C@H](O)COC(=O)CCCCCCCCCCCCCC. The van der Waals surface area contributed by atoms with E-state index in [9.17, 15) is 14.7 Å². The molecule has 0 aliphatic rings. The van der Waals surface area contributed by atoms with E-state index in [0.717, 1.165) is 77.0 Å². The monoisotopic (exact) mass is 602 g/mol. The third kappa shape index (κ3) is 34.2. The van der Waals surface area contributed by atoms with Crippen LogP contribution in [0.25, 0.3) is 0 Å². The van der Waals surface area contributed by atoms with E-state index in [1.807, 2.05) is 0 Å². The molecule has 0 aromatic carbocycles. The number of carbonyl (C=O) groups is 2. The third-order valence-electron chi connectivity index (χ3n) is 7.33. The lowest BCUT2D eigenvalue weighted by molar-refractivity contribution is -0.152. The molecule has 43 heavy (non-hydrogen) atoms. The molecule has 0 heterocycles. The average molecular weight is 603 g/mol. The molecular weight excluding hydrogens is 536 g/mol. The zero-order valence-electron chi connectivity index (χ0n) is 28.0. The van der Waals surface area contributed by atoms with Crippen LogP contribution in [0.2, 0.25) is 0 Å². The molecule has 0 amide bonds. The molecule has 0 unspecified atom stereocenters. The van der Waals surface area contributed by atoms with E-state index in [4.69, 9.17) is 9.47 Å². The molecule has 0 fully saturated rings. The molecule has 0 aliphatic carbocycles. The molecule has 0 saturated carbocycles. The fourth-order valence-corrected chi connectivity index (χ4v) is 4.66. The van der Waals surface area contributed by atoms with Crippen molar-refractivity contribution in [2.75, 3.05) is 13.2 Å². The number of aliphatic hydroxyl groups excluding tert-OH is 1. The number of hydrogen-bond donors (Lipinski definition) is 1. The van der Waals surface area contributed by atoms with Gasteiger partial charge in [-0.05, 0) is 51.4 Å². The van der Waals surface area contributed by atoms with Crippen LogP contribution in [-0.4, -0.2) is 36.4 Å². The van der Waals surface area contributed by atoms with Crippen LogP contribution in [0.3, 0.4) is 0 Å². The Hall–Kier alpha value is -2.14. The topological polar surface area (TPSA) is 72.8 Å². The summed E-state index contributed by atoms with van der Waals surface area (Å²) in [6.45, 7) is 4.15. The summed E-state index contributed by atoms with van der Waals surface area (Å²) in [6.07, 6.45) is 41.5. The van der Waals surface area contributed by atoms with E-state index in [-0.39, 0.29) is 25.2 Å². The number of ether oxygens (including phenoxy) is 2. The van der Waals surface area contributed by atoms with Crippen LogP contribution in [0.15, 0.2) is 48.6 Å². The van der Waals surface area contributed by atoms with Crippen LogP contribution in [0.5, 0.6) is 0 Å². The van der Waals surface area contributed by atoms with Gasteiger partial charge in [-0.1, -0.05) is 146 Å². The summed E-state index contributed by atoms with van der Waals surface area (Å²) >= 11 is 0. The summed E-state index contributed by atoms with van der Waals surface area (Å²) in [5.74, 6) is -0.594. The highest BCUT2D eigenvalue weighted by Gasteiger charge is 2.12. The average Bonchev–Trinajstić information content (AvgIpc) is 3.01. The minimum atomic E-state index is -0.971. The lowest BCUT2D eigenvalue weighted by Crippen LogP contribution is -2.25. The largest absolute Gasteiger partial charge is 0.463 e. The summed E-state index contributed by atoms with van der Waals surface area (Å²) in [6, 6.07) is 0. The summed E-state index contributed by atoms with van der Waals surface area (Å²) in [4.78, 5) is 23.8. The predicted molar refractivity (Wildman–Crippen MR) is 182 cm³/mol. The Kier molecular flexibility index (Phi) is 32.6. The van der Waals surface area contributed by atoms with Crippen molar-refractivity contribution in [1.29, 1.82) is 0 Å². The zero-order chi connectivity index (χ0) is 31.5. The molecule has 5 nitrogen and oxygen atoms in total. The van der Waals surface area contributed by atoms with E-state index in [2.05, 4.69) is 62.5 Å². The molecule has 0 aromatic heterocycles. The summed E-state index contributed by atoms with van der Waals surface area (Å²) in [5, 5.41) is 9.97. The lowest BCUT2D eigenvalue weighted by atomic mass is 10.0. The number of aliphatic hydroxyl groups is 1. The van der Waals surface area contributed by atoms with Gasteiger partial charge < -0.3 is 14.6 Å². The van der Waals surface area contributed by atoms with Crippen LogP contribution in [-0.2, 0) is 19.1 Å². The standard InChI is InChI=1S/C38H66O5/c1-3-5-7-9-11-13-15-17-18-19-20-21-23-25-27-29-31-33-38(41)43-35-36(39)34-42-37(40)32-30-28-26-24-22-16-14-12-10-8-6-4-2/h5,7,11,13,17-18,20-21,36,39H,3-4,6,8-10,12,14-16,19,22-35H2,1-2H3/b7-5-,13-11-,18-17-,21-20-/t36-/m1/s1. The second kappa shape index (κ2) is 34.4. The first kappa shape index (κ1) is 40.9. The van der Waals surface area contributed by atoms with Gasteiger partial charge in [0.05, 0.1) is 0 Å². The molecule has 0 aliphatic heterocycles. The highest BCUT2D eigenvalue weighted by atomic mass is 16.6. The van der Waals surface area contributed by atoms with Gasteiger partial charge in [-0.2, -0.15) is 0 Å². The molecule has 0 radical (unpaired) electrons. The molecule has 248 valence electrons. The van der Waals surface area contributed by atoms with Crippen LogP contribution >= 0.6 is 0 Å². The molecule has 5 heteroatoms. The summed E-state index contributed by atoms with van der Waals surface area (Å²) < 4.78 is 10.3. The molecule has 0 saturated heterocycles. The van der Waals surface area contributed by atoms with Crippen LogP contribution in [0.1, 0.15) is 162 Å². The Morgan fingerprint density at radius 2 is 0.884 bits per heavy atom. The van der Waals surface area contributed by atoms with Crippen molar-refractivity contribution in [2.45, 2.75) is 168 Å². The van der Waals surface area contributed by atoms with Gasteiger partial charge >= 0.3 is 11.9 Å². The molecule has 0 rings (SSSR count). The molecule has 0 bridgehead atoms. The van der Waals surface area contributed by atoms with Gasteiger partial charge in [0.25, 0.3) is 0 Å². The lowest BCUT2D eigenvalue weighted by Gasteiger charge is -2.12. The highest BCUT2D eigenvalue weighted by Crippen LogP contribution is 2.13.